The molecule has 0 bridgehead atoms. The molecule has 0 aromatic carbocycles. The minimum Gasteiger partial charge on any atom is -0.870 e. The first-order valence-electron chi connectivity index (χ1n) is 3.58. The number of hydrogen-bond acceptors (Lipinski definition) is 2. The molecular formula is C8H98N2O38. The van der Waals surface area contributed by atoms with Crippen LogP contribution in [-0.2, 0) is 0 Å². The zero-order valence-electron chi connectivity index (χ0n) is 27.8. The summed E-state index contributed by atoms with van der Waals surface area (Å²) in [7, 11) is 17.0. The van der Waals surface area contributed by atoms with E-state index < -0.39 is 0 Å². The van der Waals surface area contributed by atoms with Gasteiger partial charge in [0.25, 0.3) is 0 Å². The Hall–Kier alpha value is -1.60. The molecule has 74 N–H and O–H groups in total. The molecule has 0 fully saturated rings. The molecule has 0 saturated carbocycles. The Morgan fingerprint density at radius 3 is 0.125 bits per heavy atom. The molecule has 0 aliphatic heterocycles. The first kappa shape index (κ1) is 2330. The average molecular weight is 831 g/mol. The first-order chi connectivity index (χ1) is 4.00. The van der Waals surface area contributed by atoms with Crippen molar-refractivity contribution in [1.29, 1.82) is 0 Å². The molecule has 368 valence electrons. The van der Waals surface area contributed by atoms with Gasteiger partial charge < -0.3 is 217 Å². The highest BCUT2D eigenvalue weighted by Gasteiger charge is 1.88. The molecule has 40 heteroatoms. The van der Waals surface area contributed by atoms with Crippen LogP contribution in [0.15, 0.2) is 0 Å². The van der Waals surface area contributed by atoms with Gasteiger partial charge in [0.05, 0.1) is 56.4 Å². The van der Waals surface area contributed by atoms with E-state index in [9.17, 15) is 0 Å². The summed E-state index contributed by atoms with van der Waals surface area (Å²) in [6.45, 7) is 0. The standard InChI is InChI=1S/2C4H12N.38H2O/c2*1-5(2,3)4;;;;;;;;;;;;;;;;;;;;;;;;;;;;;;;;;;;;;;/h2*1-4H3;38*1H2/q2*+1;;;;;;;;;;;;;;;;;;;;;;;;;;;;;;;;;;;;;;/p-2. The quantitative estimate of drug-likeness (QED) is 0.215. The number of hydrogen-bond donors (Lipinski definition) is 0. The predicted octanol–water partition coefficient (Wildman–Crippen LogP) is -29.4. The molecule has 0 heterocycles. The molecule has 0 saturated heterocycles. The SMILES string of the molecule is C[N+](C)(C)C.C[N+](C)(C)C.O.O.O.O.O.O.O.O.O.O.O.O.O.O.O.O.O.O.O.O.O.O.O.O.O.O.O.O.O.O.O.O.O.O.O.O.[OH-].[OH-]. The lowest BCUT2D eigenvalue weighted by atomic mass is 10.8. The van der Waals surface area contributed by atoms with Gasteiger partial charge in [0.2, 0.25) is 0 Å². The molecule has 0 spiro atoms. The van der Waals surface area contributed by atoms with Gasteiger partial charge >= 0.3 is 0 Å². The van der Waals surface area contributed by atoms with Gasteiger partial charge in [0.1, 0.15) is 0 Å². The number of nitrogens with zero attached hydrogens (tertiary/aromatic N) is 2. The third-order valence-electron chi connectivity index (χ3n) is 0. The highest BCUT2D eigenvalue weighted by atomic mass is 16.0. The highest BCUT2D eigenvalue weighted by molar-refractivity contribution is 3.87. The van der Waals surface area contributed by atoms with E-state index in [1.165, 1.54) is 0 Å². The second-order valence-corrected chi connectivity index (χ2v) is 5.37. The van der Waals surface area contributed by atoms with Crippen molar-refractivity contribution in [2.75, 3.05) is 56.4 Å². The van der Waals surface area contributed by atoms with Crippen molar-refractivity contribution in [3.8, 4) is 0 Å². The molecule has 0 aromatic rings. The lowest BCUT2D eigenvalue weighted by Gasteiger charge is -2.14. The molecular weight excluding hydrogens is 732 g/mol. The van der Waals surface area contributed by atoms with Gasteiger partial charge in [-0.15, -0.1) is 0 Å². The zero-order chi connectivity index (χ0) is 9.00. The monoisotopic (exact) mass is 831 g/mol. The summed E-state index contributed by atoms with van der Waals surface area (Å²) in [5, 5.41) is 0. The third-order valence-corrected chi connectivity index (χ3v) is 0. The molecule has 40 nitrogen and oxygen atoms in total. The van der Waals surface area contributed by atoms with Crippen LogP contribution in [0.2, 0.25) is 0 Å². The largest absolute Gasteiger partial charge is 0.870 e. The Labute approximate surface area is 275 Å². The van der Waals surface area contributed by atoms with E-state index in [-0.39, 0.29) is 208 Å². The van der Waals surface area contributed by atoms with Gasteiger partial charge in [-0.05, 0) is 0 Å². The summed E-state index contributed by atoms with van der Waals surface area (Å²) < 4.78 is 2.00. The number of rotatable bonds is 0. The molecule has 0 unspecified atom stereocenters. The fourth-order valence-corrected chi connectivity index (χ4v) is 0. The average Bonchev–Trinajstić information content (AvgIpc) is 1.12. The summed E-state index contributed by atoms with van der Waals surface area (Å²) in [6.07, 6.45) is 0. The van der Waals surface area contributed by atoms with Crippen molar-refractivity contribution in [2.24, 2.45) is 0 Å². The first-order valence-corrected chi connectivity index (χ1v) is 3.58. The van der Waals surface area contributed by atoms with Gasteiger partial charge in [0.15, 0.2) is 0 Å². The Morgan fingerprint density at radius 1 is 0.125 bits per heavy atom. The topological polar surface area (TPSA) is 1190 Å². The lowest BCUT2D eigenvalue weighted by Crippen LogP contribution is -2.27. The minimum atomic E-state index is 0. The minimum absolute atomic E-state index is 0. The third kappa shape index (κ3) is 32700. The van der Waals surface area contributed by atoms with Crippen LogP contribution in [0.4, 0.5) is 0 Å². The van der Waals surface area contributed by atoms with Crippen LogP contribution in [0.3, 0.4) is 0 Å². The van der Waals surface area contributed by atoms with Crippen LogP contribution in [-0.4, -0.2) is 273 Å². The van der Waals surface area contributed by atoms with Crippen molar-refractivity contribution in [2.45, 2.75) is 0 Å². The molecule has 0 aromatic heterocycles. The summed E-state index contributed by atoms with van der Waals surface area (Å²) in [4.78, 5) is 0. The smallest absolute Gasteiger partial charge is 0.0675 e. The van der Waals surface area contributed by atoms with E-state index in [0.29, 0.717) is 0 Å². The maximum atomic E-state index is 2.12. The van der Waals surface area contributed by atoms with Crippen LogP contribution in [0.5, 0.6) is 0 Å². The van der Waals surface area contributed by atoms with E-state index in [2.05, 4.69) is 56.4 Å². The van der Waals surface area contributed by atoms with Crippen molar-refractivity contribution in [3.05, 3.63) is 0 Å². The molecule has 0 atom stereocenters. The van der Waals surface area contributed by atoms with Gasteiger partial charge in [-0.1, -0.05) is 0 Å². The molecule has 0 aliphatic carbocycles. The maximum Gasteiger partial charge on any atom is 0.0675 e. The molecule has 0 radical (unpaired) electrons. The molecule has 0 aliphatic rings. The van der Waals surface area contributed by atoms with Crippen LogP contribution in [0.25, 0.3) is 0 Å². The second kappa shape index (κ2) is 827. The normalized spacial score (nSPS) is 2.50. The van der Waals surface area contributed by atoms with Crippen molar-refractivity contribution in [1.82, 2.24) is 0 Å². The van der Waals surface area contributed by atoms with Crippen molar-refractivity contribution >= 4 is 0 Å². The Kier molecular flexibility index (Phi) is 40300. The fraction of sp³-hybridized carbons (Fsp3) is 1.00. The van der Waals surface area contributed by atoms with E-state index in [1.807, 2.05) is 0 Å². The van der Waals surface area contributed by atoms with E-state index >= 15 is 0 Å². The van der Waals surface area contributed by atoms with Gasteiger partial charge in [0, 0.05) is 0 Å². The Bertz CT molecular complexity index is 85.7. The summed E-state index contributed by atoms with van der Waals surface area (Å²) in [6, 6.07) is 0. The predicted molar refractivity (Wildman–Crippen MR) is 182 cm³/mol. The summed E-state index contributed by atoms with van der Waals surface area (Å²) >= 11 is 0. The maximum absolute atomic E-state index is 2.12. The molecule has 0 rings (SSSR count). The van der Waals surface area contributed by atoms with Gasteiger partial charge in [-0.2, -0.15) is 0 Å². The molecule has 0 amide bonds. The van der Waals surface area contributed by atoms with Crippen LogP contribution < -0.4 is 0 Å². The Balaban J connectivity index is -0.000000000392. The van der Waals surface area contributed by atoms with Gasteiger partial charge in [-0.25, -0.2) is 0 Å². The second-order valence-electron chi connectivity index (χ2n) is 5.37. The highest BCUT2D eigenvalue weighted by Crippen LogP contribution is 1.74. The zero-order valence-corrected chi connectivity index (χ0v) is 27.8. The van der Waals surface area contributed by atoms with E-state index in [0.717, 1.165) is 8.97 Å². The van der Waals surface area contributed by atoms with E-state index in [1.54, 1.807) is 0 Å². The van der Waals surface area contributed by atoms with E-state index in [4.69, 9.17) is 0 Å². The van der Waals surface area contributed by atoms with Crippen molar-refractivity contribution in [3.63, 3.8) is 0 Å². The lowest BCUT2D eigenvalue weighted by molar-refractivity contribution is -0.849. The van der Waals surface area contributed by atoms with Crippen LogP contribution in [0, 0.1) is 0 Å². The molecule has 48 heavy (non-hydrogen) atoms. The fourth-order valence-electron chi connectivity index (χ4n) is 0. The summed E-state index contributed by atoms with van der Waals surface area (Å²) in [5.41, 5.74) is 0. The Morgan fingerprint density at radius 2 is 0.125 bits per heavy atom. The number of quaternary nitrogens is 2. The summed E-state index contributed by atoms with van der Waals surface area (Å²) in [5.74, 6) is 0. The van der Waals surface area contributed by atoms with Gasteiger partial charge in [-0.3, -0.25) is 0 Å². The van der Waals surface area contributed by atoms with Crippen molar-refractivity contribution < 1.29 is 217 Å². The van der Waals surface area contributed by atoms with Crippen LogP contribution >= 0.6 is 0 Å². The van der Waals surface area contributed by atoms with Crippen LogP contribution in [0.1, 0.15) is 0 Å².